The van der Waals surface area contributed by atoms with Crippen molar-refractivity contribution in [3.05, 3.63) is 47.5 Å². The molecule has 0 atom stereocenters. The molecule has 3 nitrogen and oxygen atoms in total. The van der Waals surface area contributed by atoms with E-state index >= 15 is 0 Å². The largest absolute Gasteiger partial charge is 0.392 e. The van der Waals surface area contributed by atoms with E-state index in [2.05, 4.69) is 9.97 Å². The highest BCUT2D eigenvalue weighted by Crippen LogP contribution is 2.19. The molecule has 1 N–H and O–H groups in total. The van der Waals surface area contributed by atoms with Crippen LogP contribution in [0.15, 0.2) is 36.8 Å². The average molecular weight is 221 g/mol. The Morgan fingerprint density at radius 1 is 1.13 bits per heavy atom. The second kappa shape index (κ2) is 4.38. The smallest absolute Gasteiger partial charge is 0.129 e. The minimum Gasteiger partial charge on any atom is -0.392 e. The van der Waals surface area contributed by atoms with Crippen LogP contribution in [0, 0.1) is 0 Å². The number of aromatic nitrogens is 2. The van der Waals surface area contributed by atoms with Gasteiger partial charge >= 0.3 is 0 Å². The summed E-state index contributed by atoms with van der Waals surface area (Å²) in [7, 11) is 0. The minimum absolute atomic E-state index is 0.0120. The molecule has 0 saturated carbocycles. The molecule has 4 heteroatoms. The average Bonchev–Trinajstić information content (AvgIpc) is 2.30. The molecule has 0 saturated heterocycles. The van der Waals surface area contributed by atoms with Gasteiger partial charge in [0.05, 0.1) is 6.61 Å². The monoisotopic (exact) mass is 220 g/mol. The summed E-state index contributed by atoms with van der Waals surface area (Å²) >= 11 is 5.69. The second-order valence-corrected chi connectivity index (χ2v) is 3.50. The second-order valence-electron chi connectivity index (χ2n) is 3.11. The Labute approximate surface area is 92.4 Å². The predicted octanol–water partition coefficient (Wildman–Crippen LogP) is 2.29. The van der Waals surface area contributed by atoms with E-state index in [0.717, 1.165) is 16.7 Å². The predicted molar refractivity (Wildman–Crippen MR) is 58.4 cm³/mol. The zero-order valence-corrected chi connectivity index (χ0v) is 8.65. The van der Waals surface area contributed by atoms with Crippen molar-refractivity contribution in [2.45, 2.75) is 6.61 Å². The van der Waals surface area contributed by atoms with Crippen LogP contribution in [-0.4, -0.2) is 15.1 Å². The van der Waals surface area contributed by atoms with Crippen molar-refractivity contribution < 1.29 is 5.11 Å². The minimum atomic E-state index is -0.0120. The van der Waals surface area contributed by atoms with Crippen LogP contribution in [0.1, 0.15) is 5.56 Å². The van der Waals surface area contributed by atoms with Gasteiger partial charge in [-0.15, -0.1) is 0 Å². The normalized spacial score (nSPS) is 10.3. The molecule has 2 heterocycles. The Morgan fingerprint density at radius 3 is 2.67 bits per heavy atom. The molecule has 76 valence electrons. The number of nitrogens with zero attached hydrogens (tertiary/aromatic N) is 2. The van der Waals surface area contributed by atoms with Crippen molar-refractivity contribution in [3.63, 3.8) is 0 Å². The first-order chi connectivity index (χ1) is 7.29. The van der Waals surface area contributed by atoms with Crippen molar-refractivity contribution in [3.8, 4) is 11.1 Å². The molecule has 0 unspecified atom stereocenters. The fraction of sp³-hybridized carbons (Fsp3) is 0.0909. The summed E-state index contributed by atoms with van der Waals surface area (Å²) in [6, 6.07) is 5.47. The lowest BCUT2D eigenvalue weighted by molar-refractivity contribution is 0.281. The Morgan fingerprint density at radius 2 is 2.00 bits per heavy atom. The van der Waals surface area contributed by atoms with Crippen LogP contribution >= 0.6 is 11.6 Å². The first-order valence-electron chi connectivity index (χ1n) is 4.46. The topological polar surface area (TPSA) is 46.0 Å². The molecule has 0 aliphatic carbocycles. The summed E-state index contributed by atoms with van der Waals surface area (Å²) < 4.78 is 0. The number of rotatable bonds is 2. The Hall–Kier alpha value is -1.45. The lowest BCUT2D eigenvalue weighted by Gasteiger charge is -2.02. The van der Waals surface area contributed by atoms with Gasteiger partial charge in [-0.1, -0.05) is 11.6 Å². The van der Waals surface area contributed by atoms with E-state index in [1.807, 2.05) is 12.1 Å². The van der Waals surface area contributed by atoms with Crippen molar-refractivity contribution >= 4 is 11.6 Å². The van der Waals surface area contributed by atoms with Crippen LogP contribution in [0.25, 0.3) is 11.1 Å². The molecular weight excluding hydrogens is 212 g/mol. The number of aliphatic hydroxyl groups is 1. The molecule has 2 rings (SSSR count). The third-order valence-corrected chi connectivity index (χ3v) is 2.26. The summed E-state index contributed by atoms with van der Waals surface area (Å²) in [5, 5.41) is 9.44. The van der Waals surface area contributed by atoms with E-state index in [4.69, 9.17) is 16.7 Å². The zero-order valence-electron chi connectivity index (χ0n) is 7.89. The summed E-state index contributed by atoms with van der Waals surface area (Å²) in [6.07, 6.45) is 5.04. The molecule has 0 aliphatic heterocycles. The summed E-state index contributed by atoms with van der Waals surface area (Å²) in [6.45, 7) is -0.0120. The fourth-order valence-corrected chi connectivity index (χ4v) is 1.39. The lowest BCUT2D eigenvalue weighted by atomic mass is 10.1. The van der Waals surface area contributed by atoms with Gasteiger partial charge in [-0.3, -0.25) is 4.98 Å². The molecule has 0 spiro atoms. The highest BCUT2D eigenvalue weighted by molar-refractivity contribution is 6.29. The molecule has 0 radical (unpaired) electrons. The van der Waals surface area contributed by atoms with Crippen LogP contribution in [-0.2, 0) is 6.61 Å². The van der Waals surface area contributed by atoms with E-state index in [1.54, 1.807) is 24.7 Å². The Kier molecular flexibility index (Phi) is 2.94. The highest BCUT2D eigenvalue weighted by atomic mass is 35.5. The van der Waals surface area contributed by atoms with Gasteiger partial charge in [-0.2, -0.15) is 0 Å². The maximum absolute atomic E-state index is 8.98. The first-order valence-corrected chi connectivity index (χ1v) is 4.84. The van der Waals surface area contributed by atoms with Gasteiger partial charge in [0.2, 0.25) is 0 Å². The molecule has 0 aliphatic rings. The third-order valence-electron chi connectivity index (χ3n) is 2.04. The number of aliphatic hydroxyl groups excluding tert-OH is 1. The van der Waals surface area contributed by atoms with E-state index in [9.17, 15) is 0 Å². The van der Waals surface area contributed by atoms with E-state index < -0.39 is 0 Å². The van der Waals surface area contributed by atoms with Gasteiger partial charge in [0.15, 0.2) is 0 Å². The van der Waals surface area contributed by atoms with Gasteiger partial charge in [-0.25, -0.2) is 4.98 Å². The fourth-order valence-electron chi connectivity index (χ4n) is 1.28. The molecule has 0 amide bonds. The van der Waals surface area contributed by atoms with Gasteiger partial charge in [0.1, 0.15) is 5.15 Å². The van der Waals surface area contributed by atoms with Crippen LogP contribution < -0.4 is 0 Å². The lowest BCUT2D eigenvalue weighted by Crippen LogP contribution is -1.87. The SMILES string of the molecule is OCc1cncc(-c2ccc(Cl)nc2)c1. The van der Waals surface area contributed by atoms with Crippen LogP contribution in [0.4, 0.5) is 0 Å². The maximum atomic E-state index is 8.98. The third kappa shape index (κ3) is 2.32. The van der Waals surface area contributed by atoms with E-state index in [0.29, 0.717) is 5.15 Å². The van der Waals surface area contributed by atoms with Crippen LogP contribution in [0.3, 0.4) is 0 Å². The molecule has 2 aromatic heterocycles. The number of hydrogen-bond donors (Lipinski definition) is 1. The van der Waals surface area contributed by atoms with Crippen LogP contribution in [0.2, 0.25) is 5.15 Å². The number of pyridine rings is 2. The summed E-state index contributed by atoms with van der Waals surface area (Å²) in [5.41, 5.74) is 2.63. The standard InChI is InChI=1S/C11H9ClN2O/c12-11-2-1-9(6-14-11)10-3-8(7-15)4-13-5-10/h1-6,15H,7H2. The molecule has 0 aromatic carbocycles. The van der Waals surface area contributed by atoms with Crippen molar-refractivity contribution in [1.29, 1.82) is 0 Å². The molecule has 0 bridgehead atoms. The Bertz CT molecular complexity index is 456. The van der Waals surface area contributed by atoms with Gasteiger partial charge in [-0.05, 0) is 23.8 Å². The quantitative estimate of drug-likeness (QED) is 0.790. The first kappa shape index (κ1) is 10.1. The molecule has 2 aromatic rings. The molecular formula is C11H9ClN2O. The van der Waals surface area contributed by atoms with Crippen molar-refractivity contribution in [2.24, 2.45) is 0 Å². The van der Waals surface area contributed by atoms with Gasteiger partial charge < -0.3 is 5.11 Å². The zero-order chi connectivity index (χ0) is 10.7. The van der Waals surface area contributed by atoms with Crippen molar-refractivity contribution in [1.82, 2.24) is 9.97 Å². The van der Waals surface area contributed by atoms with Crippen molar-refractivity contribution in [2.75, 3.05) is 0 Å². The molecule has 15 heavy (non-hydrogen) atoms. The Balaban J connectivity index is 2.40. The van der Waals surface area contributed by atoms with Gasteiger partial charge in [0, 0.05) is 29.7 Å². The van der Waals surface area contributed by atoms with Gasteiger partial charge in [0.25, 0.3) is 0 Å². The number of hydrogen-bond acceptors (Lipinski definition) is 3. The number of halogens is 1. The molecule has 0 fully saturated rings. The highest BCUT2D eigenvalue weighted by Gasteiger charge is 2.00. The summed E-state index contributed by atoms with van der Waals surface area (Å²) in [5.74, 6) is 0. The van der Waals surface area contributed by atoms with E-state index in [-0.39, 0.29) is 6.61 Å². The maximum Gasteiger partial charge on any atom is 0.129 e. The van der Waals surface area contributed by atoms with Crippen LogP contribution in [0.5, 0.6) is 0 Å². The summed E-state index contributed by atoms with van der Waals surface area (Å²) in [4.78, 5) is 8.02. The van der Waals surface area contributed by atoms with E-state index in [1.165, 1.54) is 0 Å².